The maximum Gasteiger partial charge on any atom is 0.262 e. The molecule has 4 rings (SSSR count). The normalized spacial score (nSPS) is 10.3. The summed E-state index contributed by atoms with van der Waals surface area (Å²) in [5.74, 6) is 1.41. The van der Waals surface area contributed by atoms with Crippen LogP contribution in [0.5, 0.6) is 23.0 Å². The minimum absolute atomic E-state index is 0.170. The highest BCUT2D eigenvalue weighted by molar-refractivity contribution is 6.32. The lowest BCUT2D eigenvalue weighted by Gasteiger charge is -2.11. The van der Waals surface area contributed by atoms with Crippen molar-refractivity contribution in [2.24, 2.45) is 0 Å². The van der Waals surface area contributed by atoms with Crippen molar-refractivity contribution in [3.63, 3.8) is 0 Å². The summed E-state index contributed by atoms with van der Waals surface area (Å²) in [5.41, 5.74) is 1.19. The molecule has 0 aliphatic heterocycles. The number of benzene rings is 4. The summed E-state index contributed by atoms with van der Waals surface area (Å²) < 4.78 is 16.7. The van der Waals surface area contributed by atoms with Crippen LogP contribution in [0.25, 0.3) is 0 Å². The van der Waals surface area contributed by atoms with Crippen LogP contribution < -0.4 is 24.8 Å². The Morgan fingerprint density at radius 2 is 0.946 bits per heavy atom. The molecule has 188 valence electrons. The highest BCUT2D eigenvalue weighted by Gasteiger charge is 2.08. The van der Waals surface area contributed by atoms with E-state index in [0.29, 0.717) is 44.4 Å². The van der Waals surface area contributed by atoms with E-state index in [2.05, 4.69) is 10.6 Å². The van der Waals surface area contributed by atoms with Gasteiger partial charge in [-0.2, -0.15) is 0 Å². The van der Waals surface area contributed by atoms with E-state index in [1.165, 1.54) is 0 Å². The van der Waals surface area contributed by atoms with Gasteiger partial charge in [-0.3, -0.25) is 9.59 Å². The molecule has 0 saturated heterocycles. The van der Waals surface area contributed by atoms with Crippen LogP contribution in [0.2, 0.25) is 10.0 Å². The second kappa shape index (κ2) is 12.7. The number of para-hydroxylation sites is 2. The van der Waals surface area contributed by atoms with E-state index in [9.17, 15) is 9.59 Å². The number of hydrogen-bond donors (Lipinski definition) is 2. The van der Waals surface area contributed by atoms with Crippen LogP contribution in [0.15, 0.2) is 97.1 Å². The van der Waals surface area contributed by atoms with Gasteiger partial charge in [0.2, 0.25) is 0 Å². The van der Waals surface area contributed by atoms with Gasteiger partial charge in [0.05, 0.1) is 10.0 Å². The lowest BCUT2D eigenvalue weighted by molar-refractivity contribution is -0.118. The van der Waals surface area contributed by atoms with Crippen LogP contribution in [0.1, 0.15) is 0 Å². The average Bonchev–Trinajstić information content (AvgIpc) is 2.90. The first-order valence-electron chi connectivity index (χ1n) is 11.2. The van der Waals surface area contributed by atoms with E-state index in [4.69, 9.17) is 37.4 Å². The van der Waals surface area contributed by atoms with Crippen LogP contribution in [0.4, 0.5) is 11.4 Å². The van der Waals surface area contributed by atoms with Gasteiger partial charge in [-0.1, -0.05) is 47.5 Å². The molecule has 2 amide bonds. The first kappa shape index (κ1) is 25.9. The minimum Gasteiger partial charge on any atom is -0.482 e. The highest BCUT2D eigenvalue weighted by atomic mass is 35.5. The predicted octanol–water partition coefficient (Wildman–Crippen LogP) is 6.82. The van der Waals surface area contributed by atoms with E-state index >= 15 is 0 Å². The van der Waals surface area contributed by atoms with E-state index in [-0.39, 0.29) is 25.0 Å². The summed E-state index contributed by atoms with van der Waals surface area (Å²) in [6.45, 7) is -0.339. The summed E-state index contributed by atoms with van der Waals surface area (Å²) in [5, 5.41) is 6.38. The summed E-state index contributed by atoms with van der Waals surface area (Å²) in [4.78, 5) is 24.3. The second-order valence-corrected chi connectivity index (χ2v) is 8.50. The minimum atomic E-state index is -0.316. The van der Waals surface area contributed by atoms with Crippen molar-refractivity contribution in [1.82, 2.24) is 0 Å². The number of hydrogen-bond acceptors (Lipinski definition) is 5. The number of halogens is 2. The number of carbonyl (C=O) groups is 2. The van der Waals surface area contributed by atoms with E-state index in [1.807, 2.05) is 0 Å². The number of anilines is 2. The highest BCUT2D eigenvalue weighted by Crippen LogP contribution is 2.26. The number of nitrogens with one attached hydrogen (secondary N) is 2. The number of rotatable bonds is 10. The van der Waals surface area contributed by atoms with Gasteiger partial charge in [0.15, 0.2) is 13.2 Å². The fraction of sp³-hybridized carbons (Fsp3) is 0.0714. The summed E-state index contributed by atoms with van der Waals surface area (Å²) in [6, 6.07) is 27.7. The topological polar surface area (TPSA) is 85.9 Å². The number of ether oxygens (including phenoxy) is 3. The van der Waals surface area contributed by atoms with Gasteiger partial charge in [0, 0.05) is 11.4 Å². The Bertz CT molecular complexity index is 1260. The van der Waals surface area contributed by atoms with Crippen molar-refractivity contribution < 1.29 is 23.8 Å². The first-order valence-corrected chi connectivity index (χ1v) is 11.9. The Kier molecular flexibility index (Phi) is 8.86. The van der Waals surface area contributed by atoms with Crippen molar-refractivity contribution in [3.8, 4) is 23.0 Å². The fourth-order valence-corrected chi connectivity index (χ4v) is 3.53. The Labute approximate surface area is 223 Å². The van der Waals surface area contributed by atoms with Gasteiger partial charge >= 0.3 is 0 Å². The van der Waals surface area contributed by atoms with E-state index in [0.717, 1.165) is 0 Å². The summed E-state index contributed by atoms with van der Waals surface area (Å²) >= 11 is 12.0. The second-order valence-electron chi connectivity index (χ2n) is 7.69. The standard InChI is InChI=1S/C28H22Cl2N2O5/c29-23-5-1-3-7-25(23)35-17-27(33)31-19-9-13-21(14-10-19)37-22-15-11-20(12-16-22)32-28(34)18-36-26-8-4-2-6-24(26)30/h1-16H,17-18H2,(H,31,33)(H,32,34). The fourth-order valence-electron chi connectivity index (χ4n) is 3.15. The quantitative estimate of drug-likeness (QED) is 0.232. The molecule has 0 aliphatic carbocycles. The molecule has 0 fully saturated rings. The van der Waals surface area contributed by atoms with Crippen LogP contribution in [0, 0.1) is 0 Å². The van der Waals surface area contributed by atoms with Crippen LogP contribution >= 0.6 is 23.2 Å². The van der Waals surface area contributed by atoms with Gasteiger partial charge in [0.1, 0.15) is 23.0 Å². The molecule has 0 unspecified atom stereocenters. The van der Waals surface area contributed by atoms with Crippen molar-refractivity contribution in [2.45, 2.75) is 0 Å². The molecule has 0 atom stereocenters. The lowest BCUT2D eigenvalue weighted by Crippen LogP contribution is -2.20. The SMILES string of the molecule is O=C(COc1ccccc1Cl)Nc1ccc(Oc2ccc(NC(=O)COc3ccccc3Cl)cc2)cc1. The van der Waals surface area contributed by atoms with Gasteiger partial charge in [-0.25, -0.2) is 0 Å². The smallest absolute Gasteiger partial charge is 0.262 e. The molecule has 2 N–H and O–H groups in total. The predicted molar refractivity (Wildman–Crippen MR) is 144 cm³/mol. The number of amides is 2. The van der Waals surface area contributed by atoms with Gasteiger partial charge in [-0.05, 0) is 72.8 Å². The molecular formula is C28H22Cl2N2O5. The zero-order valence-electron chi connectivity index (χ0n) is 19.4. The molecule has 0 aliphatic rings. The molecular weight excluding hydrogens is 515 g/mol. The Morgan fingerprint density at radius 1 is 0.568 bits per heavy atom. The van der Waals surface area contributed by atoms with Crippen molar-refractivity contribution >= 4 is 46.4 Å². The molecule has 37 heavy (non-hydrogen) atoms. The molecule has 0 saturated carbocycles. The summed E-state index contributed by atoms with van der Waals surface area (Å²) in [6.07, 6.45) is 0. The number of carbonyl (C=O) groups excluding carboxylic acids is 2. The summed E-state index contributed by atoms with van der Waals surface area (Å²) in [7, 11) is 0. The molecule has 0 heterocycles. The van der Waals surface area contributed by atoms with Crippen LogP contribution in [-0.4, -0.2) is 25.0 Å². The maximum atomic E-state index is 12.2. The van der Waals surface area contributed by atoms with Crippen LogP contribution in [-0.2, 0) is 9.59 Å². The van der Waals surface area contributed by atoms with Crippen LogP contribution in [0.3, 0.4) is 0 Å². The molecule has 9 heteroatoms. The molecule has 0 radical (unpaired) electrons. The lowest BCUT2D eigenvalue weighted by atomic mass is 10.2. The zero-order valence-corrected chi connectivity index (χ0v) is 21.0. The largest absolute Gasteiger partial charge is 0.482 e. The van der Waals surface area contributed by atoms with E-state index < -0.39 is 0 Å². The maximum absolute atomic E-state index is 12.2. The van der Waals surface area contributed by atoms with Crippen molar-refractivity contribution in [3.05, 3.63) is 107 Å². The molecule has 0 spiro atoms. The van der Waals surface area contributed by atoms with E-state index in [1.54, 1.807) is 97.1 Å². The van der Waals surface area contributed by atoms with Gasteiger partial charge in [-0.15, -0.1) is 0 Å². The molecule has 4 aromatic rings. The monoisotopic (exact) mass is 536 g/mol. The molecule has 0 aromatic heterocycles. The molecule has 0 bridgehead atoms. The molecule has 4 aromatic carbocycles. The Hall–Kier alpha value is -4.20. The first-order chi connectivity index (χ1) is 18.0. The van der Waals surface area contributed by atoms with Gasteiger partial charge in [0.25, 0.3) is 11.8 Å². The van der Waals surface area contributed by atoms with Crippen molar-refractivity contribution in [1.29, 1.82) is 0 Å². The average molecular weight is 537 g/mol. The van der Waals surface area contributed by atoms with Crippen molar-refractivity contribution in [2.75, 3.05) is 23.8 Å². The third kappa shape index (κ3) is 7.90. The third-order valence-corrected chi connectivity index (χ3v) is 5.53. The van der Waals surface area contributed by atoms with Gasteiger partial charge < -0.3 is 24.8 Å². The molecule has 7 nitrogen and oxygen atoms in total. The Balaban J connectivity index is 1.22. The Morgan fingerprint density at radius 3 is 1.32 bits per heavy atom. The third-order valence-electron chi connectivity index (χ3n) is 4.90. The zero-order chi connectivity index (χ0) is 26.0.